The molecule has 0 fully saturated rings. The smallest absolute Gasteiger partial charge is 0.145 e. The molecule has 0 amide bonds. The Hall–Kier alpha value is 0.250. The summed E-state index contributed by atoms with van der Waals surface area (Å²) in [4.78, 5) is -0.0298. The van der Waals surface area contributed by atoms with Crippen LogP contribution in [-0.2, 0) is 0 Å². The van der Waals surface area contributed by atoms with E-state index in [-0.39, 0.29) is 4.83 Å². The molecule has 0 saturated carbocycles. The Balaban J connectivity index is 2.52. The molecule has 2 rings (SSSR count). The third kappa shape index (κ3) is 3.19. The van der Waals surface area contributed by atoms with E-state index in [1.165, 1.54) is 0 Å². The lowest BCUT2D eigenvalue weighted by Gasteiger charge is -2.17. The predicted molar refractivity (Wildman–Crippen MR) is 95.0 cm³/mol. The number of thiophene rings is 1. The van der Waals surface area contributed by atoms with Crippen LogP contribution in [0.5, 0.6) is 11.5 Å². The summed E-state index contributed by atoms with van der Waals surface area (Å²) in [5.41, 5.74) is 2.06. The monoisotopic (exact) mass is 502 g/mol. The molecule has 108 valence electrons. The average Bonchev–Trinajstić information content (AvgIpc) is 2.76. The van der Waals surface area contributed by atoms with Crippen LogP contribution in [0.15, 0.2) is 25.8 Å². The zero-order valence-corrected chi connectivity index (χ0v) is 16.9. The minimum absolute atomic E-state index is 0.0298. The van der Waals surface area contributed by atoms with Gasteiger partial charge in [0, 0.05) is 5.56 Å². The number of rotatable bonds is 4. The van der Waals surface area contributed by atoms with E-state index in [0.29, 0.717) is 16.5 Å². The zero-order valence-electron chi connectivity index (χ0n) is 10.5. The number of halogens is 4. The first-order valence-corrected chi connectivity index (χ1v) is 9.18. The van der Waals surface area contributed by atoms with Crippen molar-refractivity contribution in [3.8, 4) is 11.5 Å². The first kappa shape index (κ1) is 16.6. The highest BCUT2D eigenvalue weighted by molar-refractivity contribution is 9.12. The molecule has 1 heterocycles. The molecular formula is C13H10Br3ClO2S. The number of hydrogen-bond donors (Lipinski definition) is 0. The Kier molecular flexibility index (Phi) is 5.82. The Labute approximate surface area is 151 Å². The van der Waals surface area contributed by atoms with Gasteiger partial charge in [0.1, 0.15) is 16.5 Å². The summed E-state index contributed by atoms with van der Waals surface area (Å²) >= 11 is 18.7. The quantitative estimate of drug-likeness (QED) is 0.446. The molecule has 0 N–H and O–H groups in total. The van der Waals surface area contributed by atoms with Crippen molar-refractivity contribution >= 4 is 70.7 Å². The molecule has 0 aliphatic heterocycles. The largest absolute Gasteiger partial charge is 0.495 e. The highest BCUT2D eigenvalue weighted by Gasteiger charge is 2.23. The molecule has 7 heteroatoms. The Morgan fingerprint density at radius 1 is 1.15 bits per heavy atom. The van der Waals surface area contributed by atoms with Gasteiger partial charge >= 0.3 is 0 Å². The van der Waals surface area contributed by atoms with Crippen molar-refractivity contribution in [2.75, 3.05) is 14.2 Å². The molecule has 2 nitrogen and oxygen atoms in total. The molecule has 0 aliphatic carbocycles. The number of alkyl halides is 1. The van der Waals surface area contributed by atoms with Gasteiger partial charge in [0.15, 0.2) is 0 Å². The van der Waals surface area contributed by atoms with Crippen LogP contribution in [0, 0.1) is 0 Å². The fourth-order valence-electron chi connectivity index (χ4n) is 1.81. The fourth-order valence-corrected chi connectivity index (χ4v) is 6.22. The first-order valence-electron chi connectivity index (χ1n) is 5.48. The van der Waals surface area contributed by atoms with Crippen LogP contribution in [0.25, 0.3) is 0 Å². The molecule has 0 radical (unpaired) electrons. The van der Waals surface area contributed by atoms with Crippen LogP contribution in [-0.4, -0.2) is 14.2 Å². The van der Waals surface area contributed by atoms with E-state index in [0.717, 1.165) is 18.7 Å². The maximum Gasteiger partial charge on any atom is 0.145 e. The van der Waals surface area contributed by atoms with Crippen molar-refractivity contribution in [3.05, 3.63) is 41.9 Å². The van der Waals surface area contributed by atoms with Crippen molar-refractivity contribution in [1.82, 2.24) is 0 Å². The Morgan fingerprint density at radius 2 is 1.85 bits per heavy atom. The molecule has 0 bridgehead atoms. The topological polar surface area (TPSA) is 18.5 Å². The normalized spacial score (nSPS) is 12.3. The van der Waals surface area contributed by atoms with Crippen LogP contribution >= 0.6 is 70.7 Å². The fraction of sp³-hybridized carbons (Fsp3) is 0.231. The molecule has 1 unspecified atom stereocenters. The molecule has 0 spiro atoms. The lowest BCUT2D eigenvalue weighted by Crippen LogP contribution is -1.99. The standard InChI is InChI=1S/C13H10Br3ClO2S/c1-18-8-4-3-6(12(19-2)11(8)17)10(15)7-5-9(14)20-13(7)16/h3-5,10H,1-2H3. The Morgan fingerprint density at radius 3 is 2.35 bits per heavy atom. The van der Waals surface area contributed by atoms with Crippen LogP contribution in [0.1, 0.15) is 16.0 Å². The van der Waals surface area contributed by atoms with Crippen LogP contribution < -0.4 is 9.47 Å². The number of benzene rings is 1. The number of methoxy groups -OCH3 is 2. The lowest BCUT2D eigenvalue weighted by molar-refractivity contribution is 0.392. The number of hydrogen-bond acceptors (Lipinski definition) is 3. The predicted octanol–water partition coefficient (Wildman–Crippen LogP) is 6.43. The van der Waals surface area contributed by atoms with E-state index in [2.05, 4.69) is 53.9 Å². The van der Waals surface area contributed by atoms with Gasteiger partial charge in [0.05, 0.1) is 26.6 Å². The second-order valence-corrected chi connectivity index (χ2v) is 8.89. The second kappa shape index (κ2) is 7.01. The van der Waals surface area contributed by atoms with Gasteiger partial charge in [-0.1, -0.05) is 33.6 Å². The van der Waals surface area contributed by atoms with Crippen LogP contribution in [0.4, 0.5) is 0 Å². The summed E-state index contributed by atoms with van der Waals surface area (Å²) in [7, 11) is 3.18. The Bertz CT molecular complexity index is 630. The molecule has 1 aromatic heterocycles. The van der Waals surface area contributed by atoms with E-state index in [9.17, 15) is 0 Å². The molecule has 1 atom stereocenters. The zero-order chi connectivity index (χ0) is 14.9. The minimum atomic E-state index is -0.0298. The van der Waals surface area contributed by atoms with Gasteiger partial charge in [-0.2, -0.15) is 0 Å². The molecule has 20 heavy (non-hydrogen) atoms. The second-order valence-electron chi connectivity index (χ2n) is 3.85. The minimum Gasteiger partial charge on any atom is -0.495 e. The van der Waals surface area contributed by atoms with Gasteiger partial charge in [0.25, 0.3) is 0 Å². The molecule has 0 saturated heterocycles. The van der Waals surface area contributed by atoms with Crippen molar-refractivity contribution in [2.24, 2.45) is 0 Å². The van der Waals surface area contributed by atoms with Gasteiger partial charge in [0.2, 0.25) is 0 Å². The van der Waals surface area contributed by atoms with Crippen molar-refractivity contribution in [3.63, 3.8) is 0 Å². The summed E-state index contributed by atoms with van der Waals surface area (Å²) < 4.78 is 12.8. The molecular weight excluding hydrogens is 495 g/mol. The lowest BCUT2D eigenvalue weighted by atomic mass is 10.1. The van der Waals surface area contributed by atoms with Gasteiger partial charge < -0.3 is 9.47 Å². The highest BCUT2D eigenvalue weighted by Crippen LogP contribution is 2.47. The van der Waals surface area contributed by atoms with E-state index in [1.54, 1.807) is 25.6 Å². The van der Waals surface area contributed by atoms with E-state index >= 15 is 0 Å². The van der Waals surface area contributed by atoms with Gasteiger partial charge in [-0.15, -0.1) is 11.3 Å². The van der Waals surface area contributed by atoms with Crippen LogP contribution in [0.2, 0.25) is 5.02 Å². The summed E-state index contributed by atoms with van der Waals surface area (Å²) in [6.07, 6.45) is 0. The van der Waals surface area contributed by atoms with Crippen LogP contribution in [0.3, 0.4) is 0 Å². The number of ether oxygens (including phenoxy) is 2. The van der Waals surface area contributed by atoms with E-state index < -0.39 is 0 Å². The van der Waals surface area contributed by atoms with Gasteiger partial charge in [-0.3, -0.25) is 0 Å². The highest BCUT2D eigenvalue weighted by atomic mass is 79.9. The summed E-state index contributed by atoms with van der Waals surface area (Å²) in [5.74, 6) is 1.21. The first-order chi connectivity index (χ1) is 9.49. The van der Waals surface area contributed by atoms with E-state index in [4.69, 9.17) is 21.1 Å². The summed E-state index contributed by atoms with van der Waals surface area (Å²) in [6.45, 7) is 0. The van der Waals surface area contributed by atoms with Crippen molar-refractivity contribution in [2.45, 2.75) is 4.83 Å². The molecule has 2 aromatic rings. The SMILES string of the molecule is COc1ccc(C(Br)c2cc(Br)sc2Br)c(OC)c1Cl. The summed E-state index contributed by atoms with van der Waals surface area (Å²) in [5, 5.41) is 0.474. The molecule has 0 aliphatic rings. The average molecular weight is 505 g/mol. The van der Waals surface area contributed by atoms with Crippen molar-refractivity contribution < 1.29 is 9.47 Å². The van der Waals surface area contributed by atoms with Gasteiger partial charge in [-0.25, -0.2) is 0 Å². The third-order valence-corrected chi connectivity index (χ3v) is 6.48. The van der Waals surface area contributed by atoms with E-state index in [1.807, 2.05) is 12.1 Å². The maximum atomic E-state index is 6.30. The third-order valence-electron chi connectivity index (χ3n) is 2.75. The molecule has 1 aromatic carbocycles. The maximum absolute atomic E-state index is 6.30. The van der Waals surface area contributed by atoms with Crippen molar-refractivity contribution in [1.29, 1.82) is 0 Å². The summed E-state index contributed by atoms with van der Waals surface area (Å²) in [6, 6.07) is 5.84. The van der Waals surface area contributed by atoms with Gasteiger partial charge in [-0.05, 0) is 49.6 Å².